The molecule has 0 N–H and O–H groups in total. The third-order valence-electron chi connectivity index (χ3n) is 2.93. The zero-order valence-corrected chi connectivity index (χ0v) is 11.1. The van der Waals surface area contributed by atoms with Gasteiger partial charge in [0.2, 0.25) is 0 Å². The van der Waals surface area contributed by atoms with Crippen molar-refractivity contribution in [3.8, 4) is 6.07 Å². The first kappa shape index (κ1) is 13.1. The summed E-state index contributed by atoms with van der Waals surface area (Å²) in [5.74, 6) is -0.325. The van der Waals surface area contributed by atoms with E-state index in [4.69, 9.17) is 28.5 Å². The quantitative estimate of drug-likeness (QED) is 0.745. The van der Waals surface area contributed by atoms with Gasteiger partial charge in [0.15, 0.2) is 0 Å². The normalized spacial score (nSPS) is 19.4. The number of nitriles is 1. The van der Waals surface area contributed by atoms with E-state index in [1.165, 1.54) is 17.0 Å². The predicted molar refractivity (Wildman–Crippen MR) is 68.5 cm³/mol. The van der Waals surface area contributed by atoms with Crippen molar-refractivity contribution in [2.75, 3.05) is 6.54 Å². The minimum Gasteiger partial charge on any atom is -0.321 e. The van der Waals surface area contributed by atoms with Crippen LogP contribution < -0.4 is 0 Å². The van der Waals surface area contributed by atoms with Gasteiger partial charge < -0.3 is 4.90 Å². The van der Waals surface area contributed by atoms with Gasteiger partial charge in [0.05, 0.1) is 11.1 Å². The van der Waals surface area contributed by atoms with Gasteiger partial charge in [0.25, 0.3) is 5.91 Å². The summed E-state index contributed by atoms with van der Waals surface area (Å²) in [5.41, 5.74) is 0.117. The first-order valence-corrected chi connectivity index (χ1v) is 6.41. The van der Waals surface area contributed by atoms with Crippen molar-refractivity contribution < 1.29 is 4.79 Å². The van der Waals surface area contributed by atoms with Crippen molar-refractivity contribution in [2.45, 2.75) is 25.3 Å². The van der Waals surface area contributed by atoms with Gasteiger partial charge in [0, 0.05) is 6.54 Å². The fraction of sp³-hybridized carbons (Fsp3) is 0.417. The van der Waals surface area contributed by atoms with E-state index in [2.05, 4.69) is 11.1 Å². The molecule has 1 unspecified atom stereocenters. The molecule has 1 aliphatic rings. The van der Waals surface area contributed by atoms with Crippen LogP contribution in [0.4, 0.5) is 0 Å². The molecular weight excluding hydrogens is 273 g/mol. The average molecular weight is 284 g/mol. The molecule has 4 nitrogen and oxygen atoms in total. The second kappa shape index (κ2) is 5.55. The molecule has 0 radical (unpaired) electrons. The Hall–Kier alpha value is -1.31. The van der Waals surface area contributed by atoms with Crippen LogP contribution in [-0.2, 0) is 0 Å². The number of piperidine rings is 1. The summed E-state index contributed by atoms with van der Waals surface area (Å²) in [4.78, 5) is 17.8. The minimum absolute atomic E-state index is 0.117. The first-order chi connectivity index (χ1) is 8.63. The van der Waals surface area contributed by atoms with Gasteiger partial charge in [-0.3, -0.25) is 4.79 Å². The van der Waals surface area contributed by atoms with E-state index in [9.17, 15) is 4.79 Å². The van der Waals surface area contributed by atoms with E-state index in [0.29, 0.717) is 13.0 Å². The fourth-order valence-electron chi connectivity index (χ4n) is 2.01. The molecule has 94 valence electrons. The summed E-state index contributed by atoms with van der Waals surface area (Å²) in [6.45, 7) is 0.557. The molecule has 1 aliphatic heterocycles. The number of hydrogen-bond donors (Lipinski definition) is 0. The van der Waals surface area contributed by atoms with E-state index in [1.807, 2.05) is 0 Å². The number of pyridine rings is 1. The molecule has 0 saturated carbocycles. The molecule has 18 heavy (non-hydrogen) atoms. The second-order valence-corrected chi connectivity index (χ2v) is 4.90. The van der Waals surface area contributed by atoms with Crippen LogP contribution in [-0.4, -0.2) is 28.4 Å². The monoisotopic (exact) mass is 283 g/mol. The van der Waals surface area contributed by atoms with E-state index < -0.39 is 6.04 Å². The standard InChI is InChI=1S/C12H11Cl2N3O/c13-9-4-5-10(14)16-11(9)12(18)17-6-2-1-3-8(17)7-15/h4-5,8H,1-3,6H2. The molecule has 2 rings (SSSR count). The Kier molecular flexibility index (Phi) is 4.05. The molecule has 1 atom stereocenters. The second-order valence-electron chi connectivity index (χ2n) is 4.10. The lowest BCUT2D eigenvalue weighted by atomic mass is 10.0. The number of aromatic nitrogens is 1. The maximum Gasteiger partial charge on any atom is 0.275 e. The Morgan fingerprint density at radius 2 is 2.22 bits per heavy atom. The van der Waals surface area contributed by atoms with Crippen molar-refractivity contribution >= 4 is 29.1 Å². The molecule has 1 saturated heterocycles. The number of amides is 1. The van der Waals surface area contributed by atoms with Crippen LogP contribution in [0.5, 0.6) is 0 Å². The highest BCUT2D eigenvalue weighted by atomic mass is 35.5. The first-order valence-electron chi connectivity index (χ1n) is 5.66. The van der Waals surface area contributed by atoms with Crippen LogP contribution >= 0.6 is 23.2 Å². The molecule has 2 heterocycles. The van der Waals surface area contributed by atoms with Crippen LogP contribution in [0.15, 0.2) is 12.1 Å². The maximum absolute atomic E-state index is 12.3. The molecule has 0 spiro atoms. The third kappa shape index (κ3) is 2.58. The molecule has 0 aromatic carbocycles. The molecule has 0 bridgehead atoms. The summed E-state index contributed by atoms with van der Waals surface area (Å²) in [6, 6.07) is 4.80. The minimum atomic E-state index is -0.400. The van der Waals surface area contributed by atoms with E-state index in [1.54, 1.807) is 0 Å². The van der Waals surface area contributed by atoms with Gasteiger partial charge in [0.1, 0.15) is 16.9 Å². The van der Waals surface area contributed by atoms with Gasteiger partial charge in [-0.1, -0.05) is 23.2 Å². The van der Waals surface area contributed by atoms with Crippen molar-refractivity contribution in [1.29, 1.82) is 5.26 Å². The summed E-state index contributed by atoms with van der Waals surface area (Å²) in [7, 11) is 0. The molecule has 6 heteroatoms. The van der Waals surface area contributed by atoms with Crippen LogP contribution in [0, 0.1) is 11.3 Å². The van der Waals surface area contributed by atoms with Crippen LogP contribution in [0.25, 0.3) is 0 Å². The topological polar surface area (TPSA) is 57.0 Å². The summed E-state index contributed by atoms with van der Waals surface area (Å²) < 4.78 is 0. The van der Waals surface area contributed by atoms with Crippen LogP contribution in [0.1, 0.15) is 29.8 Å². The molecule has 0 aliphatic carbocycles. The van der Waals surface area contributed by atoms with Crippen molar-refractivity contribution in [2.24, 2.45) is 0 Å². The van der Waals surface area contributed by atoms with Crippen molar-refractivity contribution in [3.05, 3.63) is 28.0 Å². The van der Waals surface area contributed by atoms with Crippen LogP contribution in [0.3, 0.4) is 0 Å². The summed E-state index contributed by atoms with van der Waals surface area (Å²) in [6.07, 6.45) is 2.54. The lowest BCUT2D eigenvalue weighted by Crippen LogP contribution is -2.43. The van der Waals surface area contributed by atoms with Crippen molar-refractivity contribution in [1.82, 2.24) is 9.88 Å². The Morgan fingerprint density at radius 1 is 1.44 bits per heavy atom. The Morgan fingerprint density at radius 3 is 2.94 bits per heavy atom. The average Bonchev–Trinajstić information content (AvgIpc) is 2.40. The molecule has 1 amide bonds. The zero-order valence-electron chi connectivity index (χ0n) is 9.57. The molecule has 1 aromatic rings. The lowest BCUT2D eigenvalue weighted by molar-refractivity contribution is 0.0665. The maximum atomic E-state index is 12.3. The SMILES string of the molecule is N#CC1CCCCN1C(=O)c1nc(Cl)ccc1Cl. The molecule has 1 aromatic heterocycles. The smallest absolute Gasteiger partial charge is 0.275 e. The highest BCUT2D eigenvalue weighted by Crippen LogP contribution is 2.23. The Balaban J connectivity index is 2.30. The van der Waals surface area contributed by atoms with E-state index in [0.717, 1.165) is 12.8 Å². The number of likely N-dealkylation sites (tertiary alicyclic amines) is 1. The fourth-order valence-corrected chi connectivity index (χ4v) is 2.35. The third-order valence-corrected chi connectivity index (χ3v) is 3.44. The predicted octanol–water partition coefficient (Wildman–Crippen LogP) is 2.91. The van der Waals surface area contributed by atoms with Gasteiger partial charge in [-0.15, -0.1) is 0 Å². The Bertz CT molecular complexity index is 513. The van der Waals surface area contributed by atoms with Gasteiger partial charge >= 0.3 is 0 Å². The van der Waals surface area contributed by atoms with Gasteiger partial charge in [-0.25, -0.2) is 4.98 Å². The molecule has 1 fully saturated rings. The number of rotatable bonds is 1. The molecular formula is C12H11Cl2N3O. The van der Waals surface area contributed by atoms with E-state index in [-0.39, 0.29) is 21.8 Å². The summed E-state index contributed by atoms with van der Waals surface area (Å²) >= 11 is 11.7. The van der Waals surface area contributed by atoms with Gasteiger partial charge in [-0.2, -0.15) is 5.26 Å². The van der Waals surface area contributed by atoms with Crippen molar-refractivity contribution in [3.63, 3.8) is 0 Å². The summed E-state index contributed by atoms with van der Waals surface area (Å²) in [5, 5.41) is 9.53. The van der Waals surface area contributed by atoms with Crippen LogP contribution in [0.2, 0.25) is 10.2 Å². The van der Waals surface area contributed by atoms with E-state index >= 15 is 0 Å². The van der Waals surface area contributed by atoms with Gasteiger partial charge in [-0.05, 0) is 31.4 Å². The lowest BCUT2D eigenvalue weighted by Gasteiger charge is -2.31. The zero-order chi connectivity index (χ0) is 13.1. The number of nitrogens with zero attached hydrogens (tertiary/aromatic N) is 3. The number of hydrogen-bond acceptors (Lipinski definition) is 3. The number of carbonyl (C=O) groups excluding carboxylic acids is 1. The largest absolute Gasteiger partial charge is 0.321 e. The highest BCUT2D eigenvalue weighted by molar-refractivity contribution is 6.34. The number of halogens is 2. The number of carbonyl (C=O) groups is 1. The Labute approximate surface area is 115 Å². The highest BCUT2D eigenvalue weighted by Gasteiger charge is 2.29.